The molecule has 122 valence electrons. The summed E-state index contributed by atoms with van der Waals surface area (Å²) in [7, 11) is 0. The van der Waals surface area contributed by atoms with Crippen molar-refractivity contribution in [3.8, 4) is 0 Å². The summed E-state index contributed by atoms with van der Waals surface area (Å²) in [5.74, 6) is 0.585. The lowest BCUT2D eigenvalue weighted by Crippen LogP contribution is -2.29. The molecule has 3 heteroatoms. The Hall–Kier alpha value is -2.55. The highest BCUT2D eigenvalue weighted by Gasteiger charge is 2.38. The first kappa shape index (κ1) is 15.0. The summed E-state index contributed by atoms with van der Waals surface area (Å²) in [4.78, 5) is 12.0. The first-order chi connectivity index (χ1) is 11.8. The van der Waals surface area contributed by atoms with E-state index in [1.54, 1.807) is 0 Å². The summed E-state index contributed by atoms with van der Waals surface area (Å²) in [5.41, 5.74) is 4.27. The summed E-state index contributed by atoms with van der Waals surface area (Å²) in [6.07, 6.45) is 5.61. The number of hydrogen-bond acceptors (Lipinski definition) is 3. The molecule has 0 amide bonds. The molecular formula is C21H21NO2. The smallest absolute Gasteiger partial charge is 0.338 e. The van der Waals surface area contributed by atoms with Crippen LogP contribution in [0.5, 0.6) is 0 Å². The number of esters is 1. The van der Waals surface area contributed by atoms with Crippen LogP contribution >= 0.6 is 0 Å². The first-order valence-corrected chi connectivity index (χ1v) is 8.57. The van der Waals surface area contributed by atoms with Crippen LogP contribution in [0.25, 0.3) is 0 Å². The van der Waals surface area contributed by atoms with E-state index in [-0.39, 0.29) is 5.97 Å². The van der Waals surface area contributed by atoms with Gasteiger partial charge in [0.2, 0.25) is 0 Å². The Labute approximate surface area is 142 Å². The van der Waals surface area contributed by atoms with Crippen LogP contribution in [0.4, 0.5) is 5.69 Å². The van der Waals surface area contributed by atoms with Gasteiger partial charge >= 0.3 is 5.97 Å². The zero-order chi connectivity index (χ0) is 16.5. The number of benzene rings is 2. The molecule has 2 aromatic rings. The lowest BCUT2D eigenvalue weighted by Gasteiger charge is -2.37. The van der Waals surface area contributed by atoms with Crippen molar-refractivity contribution in [3.63, 3.8) is 0 Å². The summed E-state index contributed by atoms with van der Waals surface area (Å²) >= 11 is 0. The van der Waals surface area contributed by atoms with Crippen molar-refractivity contribution in [2.24, 2.45) is 5.92 Å². The number of carbonyl (C=O) groups excluding carboxylic acids is 1. The van der Waals surface area contributed by atoms with Gasteiger partial charge in [-0.05, 0) is 48.6 Å². The molecule has 0 spiro atoms. The predicted octanol–water partition coefficient (Wildman–Crippen LogP) is 4.69. The van der Waals surface area contributed by atoms with Gasteiger partial charge in [0.15, 0.2) is 0 Å². The summed E-state index contributed by atoms with van der Waals surface area (Å²) < 4.78 is 5.14. The number of fused-ring (bicyclic) bond motifs is 3. The van der Waals surface area contributed by atoms with Crippen LogP contribution in [0.2, 0.25) is 0 Å². The molecule has 1 aliphatic carbocycles. The van der Waals surface area contributed by atoms with E-state index < -0.39 is 0 Å². The molecule has 0 radical (unpaired) electrons. The average molecular weight is 319 g/mol. The monoisotopic (exact) mass is 319 g/mol. The summed E-state index contributed by atoms with van der Waals surface area (Å²) in [5, 5.41) is 3.69. The van der Waals surface area contributed by atoms with Gasteiger partial charge in [0.1, 0.15) is 0 Å². The molecule has 0 fully saturated rings. The Kier molecular flexibility index (Phi) is 3.85. The fourth-order valence-corrected chi connectivity index (χ4v) is 3.93. The summed E-state index contributed by atoms with van der Waals surface area (Å²) in [6, 6.07) is 16.8. The number of nitrogens with one attached hydrogen (secondary N) is 1. The molecule has 0 aromatic heterocycles. The molecule has 0 saturated heterocycles. The van der Waals surface area contributed by atoms with Gasteiger partial charge in [0.25, 0.3) is 0 Å². The minimum absolute atomic E-state index is 0.246. The van der Waals surface area contributed by atoms with Gasteiger partial charge in [0.05, 0.1) is 18.2 Å². The standard InChI is InChI=1S/C21H21NO2/c1-2-24-21(23)15-11-12-19-18(13-15)16-9-6-10-17(16)20(22-19)14-7-4-3-5-8-14/h3-9,11-13,16-17,20,22H,2,10H2,1H3/t16-,17+,20-/m0/s1. The SMILES string of the molecule is CCOC(=O)c1ccc2c(c1)[C@H]1C=CC[C@H]1[C@H](c1ccccc1)N2. The molecule has 0 saturated carbocycles. The van der Waals surface area contributed by atoms with Crippen LogP contribution in [0, 0.1) is 5.92 Å². The lowest BCUT2D eigenvalue weighted by molar-refractivity contribution is 0.0526. The van der Waals surface area contributed by atoms with Crippen molar-refractivity contribution in [3.05, 3.63) is 77.4 Å². The second kappa shape index (κ2) is 6.16. The van der Waals surface area contributed by atoms with E-state index in [1.165, 1.54) is 11.1 Å². The number of hydrogen-bond donors (Lipinski definition) is 1. The highest BCUT2D eigenvalue weighted by molar-refractivity contribution is 5.90. The second-order valence-electron chi connectivity index (χ2n) is 6.41. The molecule has 0 bridgehead atoms. The van der Waals surface area contributed by atoms with E-state index in [2.05, 4.69) is 47.8 Å². The maximum absolute atomic E-state index is 12.0. The first-order valence-electron chi connectivity index (χ1n) is 8.57. The number of ether oxygens (including phenoxy) is 1. The van der Waals surface area contributed by atoms with E-state index in [4.69, 9.17) is 4.74 Å². The van der Waals surface area contributed by atoms with E-state index in [0.29, 0.717) is 30.0 Å². The average Bonchev–Trinajstić information content (AvgIpc) is 3.11. The zero-order valence-electron chi connectivity index (χ0n) is 13.7. The Bertz CT molecular complexity index is 782. The fraction of sp³-hybridized carbons (Fsp3) is 0.286. The van der Waals surface area contributed by atoms with Gasteiger partial charge in [-0.3, -0.25) is 0 Å². The van der Waals surface area contributed by atoms with Crippen LogP contribution in [-0.2, 0) is 4.74 Å². The van der Waals surface area contributed by atoms with Crippen molar-refractivity contribution < 1.29 is 9.53 Å². The molecule has 1 N–H and O–H groups in total. The van der Waals surface area contributed by atoms with Crippen molar-refractivity contribution in [1.29, 1.82) is 0 Å². The predicted molar refractivity (Wildman–Crippen MR) is 95.2 cm³/mol. The molecule has 1 aliphatic heterocycles. The van der Waals surface area contributed by atoms with E-state index in [1.807, 2.05) is 25.1 Å². The molecule has 24 heavy (non-hydrogen) atoms. The van der Waals surface area contributed by atoms with Gasteiger partial charge in [-0.25, -0.2) is 4.79 Å². The minimum Gasteiger partial charge on any atom is -0.462 e. The van der Waals surface area contributed by atoms with Crippen molar-refractivity contribution in [1.82, 2.24) is 0 Å². The minimum atomic E-state index is -0.246. The fourth-order valence-electron chi connectivity index (χ4n) is 3.93. The highest BCUT2D eigenvalue weighted by atomic mass is 16.5. The third-order valence-electron chi connectivity index (χ3n) is 5.03. The van der Waals surface area contributed by atoms with Crippen molar-refractivity contribution in [2.45, 2.75) is 25.3 Å². The van der Waals surface area contributed by atoms with Gasteiger partial charge in [0, 0.05) is 11.6 Å². The van der Waals surface area contributed by atoms with Crippen LogP contribution < -0.4 is 5.32 Å². The van der Waals surface area contributed by atoms with E-state index >= 15 is 0 Å². The molecular weight excluding hydrogens is 298 g/mol. The van der Waals surface area contributed by atoms with Gasteiger partial charge in [-0.15, -0.1) is 0 Å². The van der Waals surface area contributed by atoms with Crippen molar-refractivity contribution >= 4 is 11.7 Å². The highest BCUT2D eigenvalue weighted by Crippen LogP contribution is 2.49. The summed E-state index contributed by atoms with van der Waals surface area (Å²) in [6.45, 7) is 2.23. The van der Waals surface area contributed by atoms with E-state index in [9.17, 15) is 4.79 Å². The van der Waals surface area contributed by atoms with Crippen LogP contribution in [0.15, 0.2) is 60.7 Å². The lowest BCUT2D eigenvalue weighted by atomic mass is 9.76. The zero-order valence-corrected chi connectivity index (χ0v) is 13.7. The molecule has 2 aromatic carbocycles. The van der Waals surface area contributed by atoms with Crippen LogP contribution in [0.1, 0.15) is 46.8 Å². The maximum Gasteiger partial charge on any atom is 0.338 e. The van der Waals surface area contributed by atoms with Gasteiger partial charge in [-0.1, -0.05) is 42.5 Å². The number of anilines is 1. The largest absolute Gasteiger partial charge is 0.462 e. The number of carbonyl (C=O) groups is 1. The quantitative estimate of drug-likeness (QED) is 0.659. The molecule has 1 heterocycles. The van der Waals surface area contributed by atoms with Crippen LogP contribution in [-0.4, -0.2) is 12.6 Å². The molecule has 2 aliphatic rings. The Balaban J connectivity index is 1.72. The second-order valence-corrected chi connectivity index (χ2v) is 6.41. The Morgan fingerprint density at radius 2 is 2.04 bits per heavy atom. The maximum atomic E-state index is 12.0. The van der Waals surface area contributed by atoms with Gasteiger partial charge < -0.3 is 10.1 Å². The number of allylic oxidation sites excluding steroid dienone is 2. The third kappa shape index (κ3) is 2.50. The number of rotatable bonds is 3. The van der Waals surface area contributed by atoms with Crippen LogP contribution in [0.3, 0.4) is 0 Å². The van der Waals surface area contributed by atoms with Gasteiger partial charge in [-0.2, -0.15) is 0 Å². The van der Waals surface area contributed by atoms with Crippen molar-refractivity contribution in [2.75, 3.05) is 11.9 Å². The normalized spacial score (nSPS) is 24.0. The topological polar surface area (TPSA) is 38.3 Å². The Morgan fingerprint density at radius 3 is 2.83 bits per heavy atom. The molecule has 4 rings (SSSR count). The molecule has 3 nitrogen and oxygen atoms in total. The Morgan fingerprint density at radius 1 is 1.21 bits per heavy atom. The van der Waals surface area contributed by atoms with E-state index in [0.717, 1.165) is 12.1 Å². The molecule has 0 unspecified atom stereocenters. The molecule has 3 atom stereocenters. The third-order valence-corrected chi connectivity index (χ3v) is 5.03.